The summed E-state index contributed by atoms with van der Waals surface area (Å²) in [4.78, 5) is 16.6. The number of fused-ring (bicyclic) bond motifs is 1. The van der Waals surface area contributed by atoms with Crippen LogP contribution in [0.5, 0.6) is 11.5 Å². The molecule has 1 amide bonds. The average Bonchev–Trinajstić information content (AvgIpc) is 3.37. The van der Waals surface area contributed by atoms with E-state index >= 15 is 0 Å². The van der Waals surface area contributed by atoms with Crippen molar-refractivity contribution < 1.29 is 17.9 Å². The third kappa shape index (κ3) is 4.94. The Hall–Kier alpha value is -2.45. The second-order valence-electron chi connectivity index (χ2n) is 7.14. The molecule has 4 rings (SSSR count). The number of amides is 1. The SMILES string of the molecule is O=C(CCS(=O)(=O)C1CCCC1)Nc1nc2ccc(Oc3ccccc3)cc2s1. The molecular weight excluding hydrogens is 408 g/mol. The van der Waals surface area contributed by atoms with Gasteiger partial charge in [-0.2, -0.15) is 0 Å². The molecule has 0 radical (unpaired) electrons. The number of anilines is 1. The summed E-state index contributed by atoms with van der Waals surface area (Å²) in [5.74, 6) is 0.997. The minimum atomic E-state index is -3.20. The molecule has 152 valence electrons. The standard InChI is InChI=1S/C21H22N2O4S2/c24-20(12-13-29(25,26)17-8-4-5-9-17)23-21-22-18-11-10-16(14-19(18)28-21)27-15-6-2-1-3-7-15/h1-3,6-7,10-11,14,17H,4-5,8-9,12-13H2,(H,22,23,24). The minimum absolute atomic E-state index is 0.0445. The van der Waals surface area contributed by atoms with Gasteiger partial charge in [0, 0.05) is 12.5 Å². The maximum atomic E-state index is 12.3. The molecule has 6 nitrogen and oxygen atoms in total. The van der Waals surface area contributed by atoms with Gasteiger partial charge in [0.25, 0.3) is 0 Å². The molecule has 1 aliphatic rings. The van der Waals surface area contributed by atoms with Gasteiger partial charge in [0.2, 0.25) is 5.91 Å². The molecule has 1 aromatic heterocycles. The van der Waals surface area contributed by atoms with E-state index < -0.39 is 9.84 Å². The molecule has 0 unspecified atom stereocenters. The van der Waals surface area contributed by atoms with Crippen molar-refractivity contribution in [3.63, 3.8) is 0 Å². The molecule has 0 saturated heterocycles. The van der Waals surface area contributed by atoms with E-state index in [-0.39, 0.29) is 23.3 Å². The number of aromatic nitrogens is 1. The van der Waals surface area contributed by atoms with Gasteiger partial charge in [0.1, 0.15) is 11.5 Å². The molecule has 29 heavy (non-hydrogen) atoms. The summed E-state index contributed by atoms with van der Waals surface area (Å²) < 4.78 is 31.3. The van der Waals surface area contributed by atoms with Crippen molar-refractivity contribution in [2.75, 3.05) is 11.1 Å². The van der Waals surface area contributed by atoms with Crippen LogP contribution in [0.25, 0.3) is 10.2 Å². The van der Waals surface area contributed by atoms with E-state index in [0.717, 1.165) is 41.6 Å². The van der Waals surface area contributed by atoms with Crippen molar-refractivity contribution in [2.24, 2.45) is 0 Å². The number of para-hydroxylation sites is 1. The number of nitrogens with zero attached hydrogens (tertiary/aromatic N) is 1. The molecule has 0 bridgehead atoms. The number of benzene rings is 2. The lowest BCUT2D eigenvalue weighted by Gasteiger charge is -2.10. The predicted octanol–water partition coefficient (Wildman–Crippen LogP) is 4.77. The summed E-state index contributed by atoms with van der Waals surface area (Å²) in [7, 11) is -3.20. The highest BCUT2D eigenvalue weighted by Crippen LogP contribution is 2.31. The maximum absolute atomic E-state index is 12.3. The number of sulfone groups is 1. The number of hydrogen-bond acceptors (Lipinski definition) is 6. The van der Waals surface area contributed by atoms with Crippen LogP contribution in [0.4, 0.5) is 5.13 Å². The first-order valence-electron chi connectivity index (χ1n) is 9.64. The van der Waals surface area contributed by atoms with Gasteiger partial charge in [-0.05, 0) is 37.1 Å². The fourth-order valence-electron chi connectivity index (χ4n) is 3.48. The van der Waals surface area contributed by atoms with E-state index in [1.807, 2.05) is 48.5 Å². The number of hydrogen-bond donors (Lipinski definition) is 1. The number of nitrogens with one attached hydrogen (secondary N) is 1. The van der Waals surface area contributed by atoms with Crippen molar-refractivity contribution >= 4 is 42.4 Å². The van der Waals surface area contributed by atoms with Gasteiger partial charge < -0.3 is 10.1 Å². The van der Waals surface area contributed by atoms with Crippen LogP contribution in [0.3, 0.4) is 0 Å². The Labute approximate surface area is 173 Å². The number of carbonyl (C=O) groups is 1. The summed E-state index contributed by atoms with van der Waals surface area (Å²) in [6, 6.07) is 15.0. The Kier molecular flexibility index (Phi) is 5.82. The van der Waals surface area contributed by atoms with E-state index in [4.69, 9.17) is 4.74 Å². The minimum Gasteiger partial charge on any atom is -0.457 e. The number of thiazole rings is 1. The lowest BCUT2D eigenvalue weighted by molar-refractivity contribution is -0.115. The molecule has 1 N–H and O–H groups in total. The Morgan fingerprint density at radius 3 is 2.62 bits per heavy atom. The molecular formula is C21H22N2O4S2. The largest absolute Gasteiger partial charge is 0.457 e. The molecule has 3 aromatic rings. The van der Waals surface area contributed by atoms with Crippen LogP contribution in [-0.2, 0) is 14.6 Å². The molecule has 1 aliphatic carbocycles. The zero-order valence-electron chi connectivity index (χ0n) is 15.8. The van der Waals surface area contributed by atoms with Gasteiger partial charge in [0.05, 0.1) is 21.2 Å². The smallest absolute Gasteiger partial charge is 0.227 e. The molecule has 1 heterocycles. The fourth-order valence-corrected chi connectivity index (χ4v) is 6.24. The number of ether oxygens (including phenoxy) is 1. The van der Waals surface area contributed by atoms with E-state index in [0.29, 0.717) is 10.9 Å². The topological polar surface area (TPSA) is 85.4 Å². The fraction of sp³-hybridized carbons (Fsp3) is 0.333. The van der Waals surface area contributed by atoms with E-state index in [1.54, 1.807) is 0 Å². The normalized spacial score (nSPS) is 14.9. The van der Waals surface area contributed by atoms with Gasteiger partial charge in [0.15, 0.2) is 15.0 Å². The summed E-state index contributed by atoms with van der Waals surface area (Å²) in [6.45, 7) is 0. The highest BCUT2D eigenvalue weighted by Gasteiger charge is 2.28. The van der Waals surface area contributed by atoms with Crippen LogP contribution in [-0.4, -0.2) is 30.3 Å². The third-order valence-corrected chi connectivity index (χ3v) is 8.20. The van der Waals surface area contributed by atoms with E-state index in [2.05, 4.69) is 10.3 Å². The van der Waals surface area contributed by atoms with Gasteiger partial charge in [-0.25, -0.2) is 13.4 Å². The van der Waals surface area contributed by atoms with Crippen LogP contribution in [0.15, 0.2) is 48.5 Å². The summed E-state index contributed by atoms with van der Waals surface area (Å²) in [6.07, 6.45) is 3.30. The average molecular weight is 431 g/mol. The molecule has 0 spiro atoms. The Bertz CT molecular complexity index is 1100. The first-order valence-corrected chi connectivity index (χ1v) is 12.2. The summed E-state index contributed by atoms with van der Waals surface area (Å²) in [5.41, 5.74) is 0.754. The Balaban J connectivity index is 1.38. The molecule has 1 fully saturated rings. The molecule has 8 heteroatoms. The second-order valence-corrected chi connectivity index (χ2v) is 10.6. The van der Waals surface area contributed by atoms with Gasteiger partial charge in [-0.1, -0.05) is 42.4 Å². The van der Waals surface area contributed by atoms with Crippen molar-refractivity contribution in [1.29, 1.82) is 0 Å². The monoisotopic (exact) mass is 430 g/mol. The number of carbonyl (C=O) groups excluding carboxylic acids is 1. The van der Waals surface area contributed by atoms with E-state index in [9.17, 15) is 13.2 Å². The van der Waals surface area contributed by atoms with Crippen LogP contribution >= 0.6 is 11.3 Å². The first kappa shape index (κ1) is 19.8. The molecule has 0 aliphatic heterocycles. The summed E-state index contributed by atoms with van der Waals surface area (Å²) >= 11 is 1.34. The Morgan fingerprint density at radius 2 is 1.86 bits per heavy atom. The van der Waals surface area contributed by atoms with Crippen molar-refractivity contribution in [1.82, 2.24) is 4.98 Å². The third-order valence-electron chi connectivity index (χ3n) is 5.01. The van der Waals surface area contributed by atoms with Crippen LogP contribution < -0.4 is 10.1 Å². The van der Waals surface area contributed by atoms with Crippen molar-refractivity contribution in [3.05, 3.63) is 48.5 Å². The van der Waals surface area contributed by atoms with Crippen LogP contribution in [0.1, 0.15) is 32.1 Å². The van der Waals surface area contributed by atoms with Gasteiger partial charge >= 0.3 is 0 Å². The van der Waals surface area contributed by atoms with Gasteiger partial charge in [-0.15, -0.1) is 0 Å². The van der Waals surface area contributed by atoms with E-state index in [1.165, 1.54) is 11.3 Å². The lowest BCUT2D eigenvalue weighted by atomic mass is 10.3. The molecule has 1 saturated carbocycles. The molecule has 0 atom stereocenters. The zero-order valence-corrected chi connectivity index (χ0v) is 17.5. The van der Waals surface area contributed by atoms with Crippen LogP contribution in [0.2, 0.25) is 0 Å². The predicted molar refractivity (Wildman–Crippen MR) is 115 cm³/mol. The lowest BCUT2D eigenvalue weighted by Crippen LogP contribution is -2.24. The Morgan fingerprint density at radius 1 is 1.10 bits per heavy atom. The first-order chi connectivity index (χ1) is 14.0. The van der Waals surface area contributed by atoms with Crippen LogP contribution in [0, 0.1) is 0 Å². The second kappa shape index (κ2) is 8.51. The summed E-state index contributed by atoms with van der Waals surface area (Å²) in [5, 5.41) is 2.91. The van der Waals surface area contributed by atoms with Gasteiger partial charge in [-0.3, -0.25) is 4.79 Å². The number of rotatable bonds is 7. The zero-order chi connectivity index (χ0) is 20.3. The maximum Gasteiger partial charge on any atom is 0.227 e. The van der Waals surface area contributed by atoms with Crippen molar-refractivity contribution in [2.45, 2.75) is 37.4 Å². The molecule has 2 aromatic carbocycles. The highest BCUT2D eigenvalue weighted by molar-refractivity contribution is 7.92. The van der Waals surface area contributed by atoms with Crippen molar-refractivity contribution in [3.8, 4) is 11.5 Å². The highest BCUT2D eigenvalue weighted by atomic mass is 32.2. The quantitative estimate of drug-likeness (QED) is 0.583.